The van der Waals surface area contributed by atoms with Crippen LogP contribution in [0.3, 0.4) is 0 Å². The normalized spacial score (nSPS) is 20.7. The van der Waals surface area contributed by atoms with E-state index in [4.69, 9.17) is 4.52 Å². The number of nitrogens with zero attached hydrogens (tertiary/aromatic N) is 3. The van der Waals surface area contributed by atoms with Gasteiger partial charge >= 0.3 is 0 Å². The molecular formula is C18H24N4O3. The minimum Gasteiger partial charge on any atom is -0.386 e. The lowest BCUT2D eigenvalue weighted by Crippen LogP contribution is -2.54. The van der Waals surface area contributed by atoms with Gasteiger partial charge in [-0.3, -0.25) is 4.79 Å². The minimum absolute atomic E-state index is 0.160. The predicted octanol–water partition coefficient (Wildman–Crippen LogP) is 1.95. The predicted molar refractivity (Wildman–Crippen MR) is 93.6 cm³/mol. The van der Waals surface area contributed by atoms with E-state index in [2.05, 4.69) is 15.5 Å². The van der Waals surface area contributed by atoms with Crippen molar-refractivity contribution in [3.63, 3.8) is 0 Å². The molecule has 1 atom stereocenters. The maximum Gasteiger partial charge on any atom is 0.290 e. The van der Waals surface area contributed by atoms with Crippen LogP contribution in [-0.4, -0.2) is 46.4 Å². The Morgan fingerprint density at radius 3 is 3.00 bits per heavy atom. The summed E-state index contributed by atoms with van der Waals surface area (Å²) in [7, 11) is 0. The van der Waals surface area contributed by atoms with Crippen LogP contribution in [0.1, 0.15) is 48.9 Å². The van der Waals surface area contributed by atoms with Crippen molar-refractivity contribution in [2.24, 2.45) is 0 Å². The van der Waals surface area contributed by atoms with Crippen LogP contribution >= 0.6 is 0 Å². The summed E-state index contributed by atoms with van der Waals surface area (Å²) in [6, 6.07) is 7.36. The molecule has 134 valence electrons. The molecule has 2 aromatic rings. The average Bonchev–Trinajstić information content (AvgIpc) is 3.11. The van der Waals surface area contributed by atoms with E-state index in [0.29, 0.717) is 13.0 Å². The molecule has 2 N–H and O–H groups in total. The van der Waals surface area contributed by atoms with Gasteiger partial charge in [-0.05, 0) is 30.9 Å². The fourth-order valence-corrected chi connectivity index (χ4v) is 2.99. The second-order valence-corrected chi connectivity index (χ2v) is 6.89. The zero-order chi connectivity index (χ0) is 17.9. The van der Waals surface area contributed by atoms with E-state index in [-0.39, 0.29) is 24.1 Å². The van der Waals surface area contributed by atoms with Gasteiger partial charge in [0.15, 0.2) is 0 Å². The van der Waals surface area contributed by atoms with E-state index in [9.17, 15) is 9.90 Å². The van der Waals surface area contributed by atoms with Crippen LogP contribution in [0.25, 0.3) is 0 Å². The third-order valence-corrected chi connectivity index (χ3v) is 4.45. The average molecular weight is 344 g/mol. The van der Waals surface area contributed by atoms with Crippen molar-refractivity contribution in [3.8, 4) is 0 Å². The van der Waals surface area contributed by atoms with E-state index < -0.39 is 5.60 Å². The summed E-state index contributed by atoms with van der Waals surface area (Å²) in [5.74, 6) is 0.844. The maximum atomic E-state index is 12.2. The van der Waals surface area contributed by atoms with Gasteiger partial charge in [0.25, 0.3) is 5.91 Å². The van der Waals surface area contributed by atoms with Crippen molar-refractivity contribution >= 4 is 11.7 Å². The van der Waals surface area contributed by atoms with Crippen LogP contribution in [-0.2, 0) is 0 Å². The zero-order valence-electron chi connectivity index (χ0n) is 14.6. The molecule has 0 saturated carbocycles. The Bertz CT molecular complexity index is 716. The number of piperidine rings is 1. The first kappa shape index (κ1) is 17.4. The van der Waals surface area contributed by atoms with Crippen LogP contribution in [0.15, 0.2) is 35.0 Å². The molecule has 0 spiro atoms. The number of rotatable bonds is 5. The van der Waals surface area contributed by atoms with Crippen molar-refractivity contribution in [2.45, 2.75) is 38.2 Å². The van der Waals surface area contributed by atoms with Gasteiger partial charge < -0.3 is 19.8 Å². The molecule has 0 radical (unpaired) electrons. The Balaban J connectivity index is 1.60. The van der Waals surface area contributed by atoms with Crippen LogP contribution in [0.4, 0.5) is 5.82 Å². The number of carbonyl (C=O) groups is 1. The molecule has 0 aliphatic carbocycles. The molecule has 2 aromatic heterocycles. The molecular weight excluding hydrogens is 320 g/mol. The molecule has 0 aromatic carbocycles. The third kappa shape index (κ3) is 4.17. The van der Waals surface area contributed by atoms with Crippen molar-refractivity contribution in [1.82, 2.24) is 15.5 Å². The Morgan fingerprint density at radius 1 is 1.48 bits per heavy atom. The van der Waals surface area contributed by atoms with Gasteiger partial charge in [0, 0.05) is 31.9 Å². The highest BCUT2D eigenvalue weighted by Crippen LogP contribution is 2.24. The molecule has 1 aliphatic rings. The highest BCUT2D eigenvalue weighted by molar-refractivity contribution is 5.91. The quantitative estimate of drug-likeness (QED) is 0.861. The Labute approximate surface area is 147 Å². The molecule has 1 saturated heterocycles. The summed E-state index contributed by atoms with van der Waals surface area (Å²) >= 11 is 0. The van der Waals surface area contributed by atoms with Gasteiger partial charge in [-0.15, -0.1) is 0 Å². The molecule has 0 bridgehead atoms. The van der Waals surface area contributed by atoms with E-state index in [1.165, 1.54) is 0 Å². The number of aliphatic hydroxyl groups is 1. The van der Waals surface area contributed by atoms with E-state index in [0.717, 1.165) is 24.5 Å². The van der Waals surface area contributed by atoms with Crippen LogP contribution in [0.2, 0.25) is 0 Å². The molecule has 1 amide bonds. The van der Waals surface area contributed by atoms with E-state index in [1.54, 1.807) is 12.3 Å². The lowest BCUT2D eigenvalue weighted by atomic mass is 9.92. The van der Waals surface area contributed by atoms with Crippen LogP contribution in [0.5, 0.6) is 0 Å². The Morgan fingerprint density at radius 2 is 2.32 bits per heavy atom. The number of β-amino-alcohol motifs (C(OH)–C–C–N with tert-alkyl or cyclic N) is 1. The smallest absolute Gasteiger partial charge is 0.290 e. The molecule has 25 heavy (non-hydrogen) atoms. The van der Waals surface area contributed by atoms with Crippen LogP contribution < -0.4 is 10.2 Å². The monoisotopic (exact) mass is 344 g/mol. The maximum absolute atomic E-state index is 12.2. The number of pyridine rings is 1. The highest BCUT2D eigenvalue weighted by Gasteiger charge is 2.34. The fraction of sp³-hybridized carbons (Fsp3) is 0.500. The lowest BCUT2D eigenvalue weighted by molar-refractivity contribution is 0.0250. The van der Waals surface area contributed by atoms with E-state index >= 15 is 0 Å². The van der Waals surface area contributed by atoms with Gasteiger partial charge in [0.05, 0.1) is 11.3 Å². The van der Waals surface area contributed by atoms with E-state index in [1.807, 2.05) is 36.9 Å². The molecule has 3 heterocycles. The lowest BCUT2D eigenvalue weighted by Gasteiger charge is -2.39. The Kier molecular flexibility index (Phi) is 5.03. The first-order chi connectivity index (χ1) is 12.0. The number of amides is 1. The topological polar surface area (TPSA) is 91.5 Å². The number of hydrogen-bond acceptors (Lipinski definition) is 6. The second-order valence-electron chi connectivity index (χ2n) is 6.89. The molecule has 0 unspecified atom stereocenters. The second kappa shape index (κ2) is 7.23. The summed E-state index contributed by atoms with van der Waals surface area (Å²) < 4.78 is 5.09. The number of aromatic nitrogens is 2. The largest absolute Gasteiger partial charge is 0.386 e. The van der Waals surface area contributed by atoms with Gasteiger partial charge in [-0.2, -0.15) is 0 Å². The minimum atomic E-state index is -0.994. The first-order valence-electron chi connectivity index (χ1n) is 8.60. The van der Waals surface area contributed by atoms with Gasteiger partial charge in [-0.25, -0.2) is 4.98 Å². The number of anilines is 1. The standard InChI is InChI=1S/C18H24N4O3/c1-13(2)14-10-15(25-21-14)17(23)20-11-18(24)7-5-9-22(12-18)16-6-3-4-8-19-16/h3-4,6,8,10,13,24H,5,7,9,11-12H2,1-2H3,(H,20,23)/t18-/m0/s1. The highest BCUT2D eigenvalue weighted by atomic mass is 16.5. The first-order valence-corrected chi connectivity index (χ1v) is 8.60. The summed E-state index contributed by atoms with van der Waals surface area (Å²) in [5, 5.41) is 17.5. The molecule has 3 rings (SSSR count). The van der Waals surface area contributed by atoms with Crippen molar-refractivity contribution in [3.05, 3.63) is 41.9 Å². The number of hydrogen-bond donors (Lipinski definition) is 2. The molecule has 1 fully saturated rings. The summed E-state index contributed by atoms with van der Waals surface area (Å²) in [5.41, 5.74) is -0.255. The number of nitrogens with one attached hydrogen (secondary N) is 1. The molecule has 7 heteroatoms. The van der Waals surface area contributed by atoms with Crippen molar-refractivity contribution < 1.29 is 14.4 Å². The van der Waals surface area contributed by atoms with Crippen molar-refractivity contribution in [2.75, 3.05) is 24.5 Å². The van der Waals surface area contributed by atoms with Crippen LogP contribution in [0, 0.1) is 0 Å². The van der Waals surface area contributed by atoms with Gasteiger partial charge in [-0.1, -0.05) is 25.1 Å². The molecule has 1 aliphatic heterocycles. The summed E-state index contributed by atoms with van der Waals surface area (Å²) in [6.45, 7) is 5.39. The van der Waals surface area contributed by atoms with Crippen molar-refractivity contribution in [1.29, 1.82) is 0 Å². The molecule has 7 nitrogen and oxygen atoms in total. The summed E-state index contributed by atoms with van der Waals surface area (Å²) in [6.07, 6.45) is 3.20. The fourth-order valence-electron chi connectivity index (χ4n) is 2.99. The summed E-state index contributed by atoms with van der Waals surface area (Å²) in [4.78, 5) is 18.6. The number of carbonyl (C=O) groups excluding carboxylic acids is 1. The third-order valence-electron chi connectivity index (χ3n) is 4.45. The van der Waals surface area contributed by atoms with Gasteiger partial charge in [0.1, 0.15) is 5.82 Å². The SMILES string of the molecule is CC(C)c1cc(C(=O)NC[C@@]2(O)CCCN(c3ccccn3)C2)on1. The Hall–Kier alpha value is -2.41. The zero-order valence-corrected chi connectivity index (χ0v) is 14.6. The van der Waals surface area contributed by atoms with Gasteiger partial charge in [0.2, 0.25) is 5.76 Å².